The van der Waals surface area contributed by atoms with E-state index in [2.05, 4.69) is 30.5 Å². The maximum Gasteiger partial charge on any atom is 0.297 e. The molecule has 6 aromatic rings. The van der Waals surface area contributed by atoms with Gasteiger partial charge in [0.05, 0.1) is 10.6 Å². The molecule has 244 valence electrons. The average Bonchev–Trinajstić information content (AvgIpc) is 3.03. The van der Waals surface area contributed by atoms with Gasteiger partial charge in [-0.1, -0.05) is 54.6 Å². The first kappa shape index (κ1) is 32.7. The third-order valence-electron chi connectivity index (χ3n) is 7.19. The van der Waals surface area contributed by atoms with E-state index in [1.54, 1.807) is 29.2 Å². The molecule has 6 rings (SSSR count). The van der Waals surface area contributed by atoms with Gasteiger partial charge in [0.15, 0.2) is 5.75 Å². The minimum Gasteiger partial charge on any atom is -0.505 e. The van der Waals surface area contributed by atoms with Gasteiger partial charge in [-0.2, -0.15) is 31.8 Å². The first-order valence-corrected chi connectivity index (χ1v) is 17.3. The van der Waals surface area contributed by atoms with E-state index in [4.69, 9.17) is 11.6 Å². The van der Waals surface area contributed by atoms with Gasteiger partial charge in [0.25, 0.3) is 20.2 Å². The number of phenolic OH excluding ortho intramolecular Hbond substituents is 1. The molecule has 48 heavy (non-hydrogen) atoms. The second-order valence-corrected chi connectivity index (χ2v) is 13.3. The van der Waals surface area contributed by atoms with Gasteiger partial charge in [-0.05, 0) is 65.7 Å². The summed E-state index contributed by atoms with van der Waals surface area (Å²) in [5, 5.41) is 23.1. The van der Waals surface area contributed by atoms with Gasteiger partial charge in [0.2, 0.25) is 17.2 Å². The van der Waals surface area contributed by atoms with Gasteiger partial charge in [-0.3, -0.25) is 9.11 Å². The molecule has 0 amide bonds. The van der Waals surface area contributed by atoms with Gasteiger partial charge in [0.1, 0.15) is 16.3 Å². The van der Waals surface area contributed by atoms with Crippen LogP contribution in [0.4, 0.5) is 34.6 Å². The molecule has 0 bridgehead atoms. The fourth-order valence-corrected chi connectivity index (χ4v) is 6.65. The third-order valence-corrected chi connectivity index (χ3v) is 9.14. The number of para-hydroxylation sites is 1. The monoisotopic (exact) mass is 705 g/mol. The van der Waals surface area contributed by atoms with Crippen LogP contribution in [0.15, 0.2) is 111 Å². The Labute approximate surface area is 278 Å². The minimum atomic E-state index is -4.74. The predicted molar refractivity (Wildman–Crippen MR) is 181 cm³/mol. The number of hydrogen-bond acceptors (Lipinski definition) is 12. The lowest BCUT2D eigenvalue weighted by Crippen LogP contribution is -2.19. The molecule has 4 N–H and O–H groups in total. The summed E-state index contributed by atoms with van der Waals surface area (Å²) in [6.45, 7) is 2.34. The maximum absolute atomic E-state index is 12.3. The van der Waals surface area contributed by atoms with Gasteiger partial charge in [-0.15, -0.1) is 10.2 Å². The van der Waals surface area contributed by atoms with Crippen LogP contribution in [0.25, 0.3) is 21.5 Å². The van der Waals surface area contributed by atoms with Gasteiger partial charge in [-0.25, -0.2) is 0 Å². The number of nitrogens with zero attached hydrogens (tertiary/aromatic N) is 6. The summed E-state index contributed by atoms with van der Waals surface area (Å²) in [5.41, 5.74) is 0.371. The van der Waals surface area contributed by atoms with Crippen molar-refractivity contribution in [3.8, 4) is 5.75 Å². The second-order valence-electron chi connectivity index (χ2n) is 10.2. The molecule has 0 aliphatic carbocycles. The normalized spacial score (nSPS) is 12.2. The van der Waals surface area contributed by atoms with E-state index in [0.717, 1.165) is 17.8 Å². The Balaban J connectivity index is 1.48. The van der Waals surface area contributed by atoms with Gasteiger partial charge >= 0.3 is 0 Å². The molecule has 0 saturated carbocycles. The van der Waals surface area contributed by atoms with Crippen LogP contribution in [0.2, 0.25) is 5.28 Å². The molecular weight excluding hydrogens is 682 g/mol. The van der Waals surface area contributed by atoms with Crippen LogP contribution in [-0.4, -0.2) is 52.5 Å². The zero-order valence-electron chi connectivity index (χ0n) is 24.7. The molecule has 5 aromatic carbocycles. The van der Waals surface area contributed by atoms with E-state index in [0.29, 0.717) is 11.9 Å². The van der Waals surface area contributed by atoms with Gasteiger partial charge < -0.3 is 15.3 Å². The van der Waals surface area contributed by atoms with Crippen LogP contribution >= 0.6 is 11.6 Å². The summed E-state index contributed by atoms with van der Waals surface area (Å²) < 4.78 is 68.9. The summed E-state index contributed by atoms with van der Waals surface area (Å²) in [6, 6.07) is 23.6. The van der Waals surface area contributed by atoms with Crippen molar-refractivity contribution < 1.29 is 31.0 Å². The van der Waals surface area contributed by atoms with Crippen LogP contribution in [0.3, 0.4) is 0 Å². The van der Waals surface area contributed by atoms with Crippen molar-refractivity contribution in [3.05, 3.63) is 96.3 Å². The van der Waals surface area contributed by atoms with E-state index < -0.39 is 35.8 Å². The molecule has 0 unspecified atom stereocenters. The highest BCUT2D eigenvalue weighted by Gasteiger charge is 2.22. The highest BCUT2D eigenvalue weighted by atomic mass is 35.5. The fraction of sp³-hybridized carbons (Fsp3) is 0.0645. The Morgan fingerprint density at radius 2 is 1.46 bits per heavy atom. The molecule has 0 saturated heterocycles. The van der Waals surface area contributed by atoms with Crippen molar-refractivity contribution in [2.45, 2.75) is 16.7 Å². The Bertz CT molecular complexity index is 2470. The van der Waals surface area contributed by atoms with Crippen LogP contribution in [0.1, 0.15) is 6.92 Å². The molecule has 1 aromatic heterocycles. The van der Waals surface area contributed by atoms with Crippen LogP contribution in [-0.2, 0) is 20.2 Å². The zero-order chi connectivity index (χ0) is 34.2. The fourth-order valence-electron chi connectivity index (χ4n) is 5.11. The zero-order valence-corrected chi connectivity index (χ0v) is 27.1. The van der Waals surface area contributed by atoms with Crippen molar-refractivity contribution in [2.75, 3.05) is 16.8 Å². The number of nitrogens with one attached hydrogen (secondary N) is 1. The molecule has 0 spiro atoms. The standard InChI is InChI=1S/C31H24ClN7O7S2/c1-2-39(20-9-4-3-5-10-20)31-35-29(32)34-30(36-31)33-25-17-21(47(41,42)43)16-19-13-14-23(27(40)26(19)25)37-38-24-15-12-18-8-6-7-11-22(18)28(24)48(44,45)46/h3-17,40H,2H2,1H3,(H,41,42,43)(H,44,45,46)(H,33,34,35,36)/b38-37+. The summed E-state index contributed by atoms with van der Waals surface area (Å²) in [6.07, 6.45) is 0. The molecular formula is C31H24ClN7O7S2. The second kappa shape index (κ2) is 12.7. The first-order chi connectivity index (χ1) is 22.8. The Morgan fingerprint density at radius 3 is 2.17 bits per heavy atom. The van der Waals surface area contributed by atoms with E-state index >= 15 is 0 Å². The highest BCUT2D eigenvalue weighted by molar-refractivity contribution is 7.86. The smallest absolute Gasteiger partial charge is 0.297 e. The molecule has 0 fully saturated rings. The highest BCUT2D eigenvalue weighted by Crippen LogP contribution is 2.42. The molecule has 0 aliphatic rings. The van der Waals surface area contributed by atoms with E-state index in [1.807, 2.05) is 37.3 Å². The maximum atomic E-state index is 12.3. The number of benzene rings is 5. The summed E-state index contributed by atoms with van der Waals surface area (Å²) in [5.74, 6) is -0.437. The van der Waals surface area contributed by atoms with Crippen molar-refractivity contribution in [1.82, 2.24) is 15.0 Å². The topological polar surface area (TPSA) is 208 Å². The molecule has 14 nitrogen and oxygen atoms in total. The molecule has 0 radical (unpaired) electrons. The number of azo groups is 1. The predicted octanol–water partition coefficient (Wildman–Crippen LogP) is 7.35. The number of phenols is 1. The Morgan fingerprint density at radius 1 is 0.792 bits per heavy atom. The lowest BCUT2D eigenvalue weighted by Gasteiger charge is -2.21. The SMILES string of the molecule is CCN(c1ccccc1)c1nc(Cl)nc(Nc2cc(S(=O)(=O)O)cc3ccc(/N=N/c4ccc5ccccc5c4S(=O)(=O)O)c(O)c23)n1. The Kier molecular flexibility index (Phi) is 8.67. The van der Waals surface area contributed by atoms with Crippen molar-refractivity contribution in [1.29, 1.82) is 0 Å². The lowest BCUT2D eigenvalue weighted by atomic mass is 10.1. The molecule has 17 heteroatoms. The largest absolute Gasteiger partial charge is 0.505 e. The first-order valence-electron chi connectivity index (χ1n) is 14.0. The number of rotatable bonds is 9. The van der Waals surface area contributed by atoms with Crippen molar-refractivity contribution >= 4 is 88.0 Å². The molecule has 0 aliphatic heterocycles. The number of hydrogen-bond donors (Lipinski definition) is 4. The summed E-state index contributed by atoms with van der Waals surface area (Å²) >= 11 is 6.26. The number of halogens is 1. The van der Waals surface area contributed by atoms with Crippen molar-refractivity contribution in [3.63, 3.8) is 0 Å². The number of aromatic nitrogens is 3. The number of fused-ring (bicyclic) bond motifs is 2. The number of aromatic hydroxyl groups is 1. The van der Waals surface area contributed by atoms with E-state index in [9.17, 15) is 31.0 Å². The quantitative estimate of drug-likeness (QED) is 0.0860. The average molecular weight is 706 g/mol. The molecule has 1 heterocycles. The summed E-state index contributed by atoms with van der Waals surface area (Å²) in [4.78, 5) is 13.6. The van der Waals surface area contributed by atoms with Crippen molar-refractivity contribution in [2.24, 2.45) is 10.2 Å². The summed E-state index contributed by atoms with van der Waals surface area (Å²) in [7, 11) is -9.46. The van der Waals surface area contributed by atoms with Crippen LogP contribution in [0, 0.1) is 0 Å². The van der Waals surface area contributed by atoms with E-state index in [1.165, 1.54) is 24.3 Å². The Hall–Kier alpha value is -5.26. The van der Waals surface area contributed by atoms with Gasteiger partial charge in [0, 0.05) is 23.0 Å². The van der Waals surface area contributed by atoms with Crippen LogP contribution in [0.5, 0.6) is 5.75 Å². The third kappa shape index (κ3) is 6.60. The van der Waals surface area contributed by atoms with Crippen LogP contribution < -0.4 is 10.2 Å². The van der Waals surface area contributed by atoms with E-state index in [-0.39, 0.29) is 50.4 Å². The molecule has 0 atom stereocenters. The lowest BCUT2D eigenvalue weighted by molar-refractivity contribution is 0.480. The number of anilines is 4. The minimum absolute atomic E-state index is 0.0286.